The molecule has 0 radical (unpaired) electrons. The van der Waals surface area contributed by atoms with Gasteiger partial charge in [-0.05, 0) is 45.7 Å². The van der Waals surface area contributed by atoms with Crippen LogP contribution < -0.4 is 10.6 Å². The largest absolute Gasteiger partial charge is 0.357 e. The molecule has 2 aliphatic rings. The van der Waals surface area contributed by atoms with Gasteiger partial charge in [0.05, 0.1) is 0 Å². The summed E-state index contributed by atoms with van der Waals surface area (Å²) in [6.45, 7) is 6.46. The third kappa shape index (κ3) is 5.42. The van der Waals surface area contributed by atoms with Crippen molar-refractivity contribution in [1.29, 1.82) is 0 Å². The van der Waals surface area contributed by atoms with Crippen molar-refractivity contribution in [3.8, 4) is 0 Å². The lowest BCUT2D eigenvalue weighted by atomic mass is 10.1. The Kier molecular flexibility index (Phi) is 6.54. The Bertz CT molecular complexity index is 253. The van der Waals surface area contributed by atoms with E-state index < -0.39 is 0 Å². The summed E-state index contributed by atoms with van der Waals surface area (Å²) in [5.74, 6) is 1.76. The third-order valence-corrected chi connectivity index (χ3v) is 3.26. The fraction of sp³-hybridized carbons (Fsp3) is 0.917. The highest BCUT2D eigenvalue weighted by Gasteiger charge is 2.23. The van der Waals surface area contributed by atoms with Crippen LogP contribution in [0.4, 0.5) is 0 Å². The van der Waals surface area contributed by atoms with E-state index in [1.165, 1.54) is 32.4 Å². The zero-order chi connectivity index (χ0) is 11.4. The van der Waals surface area contributed by atoms with Gasteiger partial charge in [-0.1, -0.05) is 0 Å². The maximum absolute atomic E-state index is 4.68. The summed E-state index contributed by atoms with van der Waals surface area (Å²) in [5.41, 5.74) is 0. The van der Waals surface area contributed by atoms with E-state index in [4.69, 9.17) is 0 Å². The van der Waals surface area contributed by atoms with Crippen LogP contribution in [0.1, 0.15) is 26.2 Å². The van der Waals surface area contributed by atoms with Crippen LogP contribution in [0.25, 0.3) is 0 Å². The first-order chi connectivity index (χ1) is 7.78. The average molecular weight is 352 g/mol. The van der Waals surface area contributed by atoms with Crippen LogP contribution in [0.2, 0.25) is 0 Å². The molecule has 1 atom stereocenters. The van der Waals surface area contributed by atoms with Gasteiger partial charge in [0.25, 0.3) is 0 Å². The van der Waals surface area contributed by atoms with Crippen LogP contribution in [0, 0.1) is 5.92 Å². The molecule has 0 aromatic rings. The fourth-order valence-corrected chi connectivity index (χ4v) is 2.14. The number of nitrogens with zero attached hydrogens (tertiary/aromatic N) is 2. The molecule has 0 aromatic heterocycles. The molecule has 100 valence electrons. The van der Waals surface area contributed by atoms with E-state index >= 15 is 0 Å². The van der Waals surface area contributed by atoms with Gasteiger partial charge in [-0.3, -0.25) is 4.99 Å². The van der Waals surface area contributed by atoms with Crippen molar-refractivity contribution in [3.05, 3.63) is 0 Å². The van der Waals surface area contributed by atoms with Crippen molar-refractivity contribution in [1.82, 2.24) is 15.5 Å². The zero-order valence-electron chi connectivity index (χ0n) is 10.9. The zero-order valence-corrected chi connectivity index (χ0v) is 13.2. The van der Waals surface area contributed by atoms with E-state index in [0.29, 0.717) is 6.04 Å². The van der Waals surface area contributed by atoms with Gasteiger partial charge in [-0.25, -0.2) is 0 Å². The Balaban J connectivity index is 0.00000144. The number of hydrogen-bond acceptors (Lipinski definition) is 2. The normalized spacial score (nSPS) is 25.5. The second kappa shape index (κ2) is 7.41. The van der Waals surface area contributed by atoms with Crippen molar-refractivity contribution in [2.45, 2.75) is 32.2 Å². The summed E-state index contributed by atoms with van der Waals surface area (Å²) in [6, 6.07) is 0.684. The summed E-state index contributed by atoms with van der Waals surface area (Å²) in [4.78, 5) is 7.07. The highest BCUT2D eigenvalue weighted by Crippen LogP contribution is 2.18. The molecule has 0 bridgehead atoms. The first-order valence-electron chi connectivity index (χ1n) is 6.51. The van der Waals surface area contributed by atoms with Gasteiger partial charge in [-0.15, -0.1) is 24.0 Å². The van der Waals surface area contributed by atoms with E-state index in [0.717, 1.165) is 25.0 Å². The van der Waals surface area contributed by atoms with Crippen molar-refractivity contribution >= 4 is 29.9 Å². The van der Waals surface area contributed by atoms with Gasteiger partial charge in [0, 0.05) is 25.7 Å². The number of nitrogens with one attached hydrogen (secondary N) is 2. The summed E-state index contributed by atoms with van der Waals surface area (Å²) in [7, 11) is 2.19. The number of halogens is 1. The molecule has 1 saturated carbocycles. The molecule has 2 fully saturated rings. The van der Waals surface area contributed by atoms with Crippen molar-refractivity contribution < 1.29 is 0 Å². The Morgan fingerprint density at radius 2 is 2.12 bits per heavy atom. The predicted molar refractivity (Wildman–Crippen MR) is 83.2 cm³/mol. The molecule has 1 saturated heterocycles. The Morgan fingerprint density at radius 1 is 1.35 bits per heavy atom. The van der Waals surface area contributed by atoms with Gasteiger partial charge < -0.3 is 15.5 Å². The molecule has 17 heavy (non-hydrogen) atoms. The summed E-state index contributed by atoms with van der Waals surface area (Å²) >= 11 is 0. The lowest BCUT2D eigenvalue weighted by Crippen LogP contribution is -2.39. The highest BCUT2D eigenvalue weighted by molar-refractivity contribution is 14.0. The first-order valence-corrected chi connectivity index (χ1v) is 6.51. The van der Waals surface area contributed by atoms with E-state index in [9.17, 15) is 0 Å². The maximum atomic E-state index is 4.68. The molecule has 2 rings (SSSR count). The number of likely N-dealkylation sites (tertiary alicyclic amines) is 1. The quantitative estimate of drug-likeness (QED) is 0.455. The van der Waals surface area contributed by atoms with Gasteiger partial charge in [0.15, 0.2) is 5.96 Å². The predicted octanol–water partition coefficient (Wildman–Crippen LogP) is 1.27. The van der Waals surface area contributed by atoms with E-state index in [2.05, 4.69) is 34.5 Å². The van der Waals surface area contributed by atoms with Crippen molar-refractivity contribution in [2.75, 3.05) is 33.2 Å². The molecule has 0 spiro atoms. The van der Waals surface area contributed by atoms with Gasteiger partial charge in [0.1, 0.15) is 0 Å². The van der Waals surface area contributed by atoms with E-state index in [-0.39, 0.29) is 24.0 Å². The Hall–Kier alpha value is -0.0400. The standard InChI is InChI=1S/C12H24N4.HI/c1-3-13-12(15-11-4-5-11)14-8-10-6-7-16(2)9-10;/h10-11H,3-9H2,1-2H3,(H2,13,14,15);1H. The number of guanidine groups is 1. The molecule has 2 N–H and O–H groups in total. The molecular formula is C12H25IN4. The number of hydrogen-bond donors (Lipinski definition) is 2. The fourth-order valence-electron chi connectivity index (χ4n) is 2.14. The summed E-state index contributed by atoms with van der Waals surface area (Å²) < 4.78 is 0. The molecule has 1 aliphatic carbocycles. The van der Waals surface area contributed by atoms with Crippen LogP contribution in [-0.2, 0) is 0 Å². The summed E-state index contributed by atoms with van der Waals surface area (Å²) in [5, 5.41) is 6.77. The molecule has 0 amide bonds. The molecule has 1 heterocycles. The topological polar surface area (TPSA) is 39.7 Å². The Morgan fingerprint density at radius 3 is 2.65 bits per heavy atom. The molecule has 4 nitrogen and oxygen atoms in total. The Labute approximate surface area is 122 Å². The van der Waals surface area contributed by atoms with Crippen LogP contribution in [-0.4, -0.2) is 50.1 Å². The van der Waals surface area contributed by atoms with Crippen LogP contribution in [0.3, 0.4) is 0 Å². The smallest absolute Gasteiger partial charge is 0.191 e. The van der Waals surface area contributed by atoms with Crippen LogP contribution in [0.15, 0.2) is 4.99 Å². The van der Waals surface area contributed by atoms with Gasteiger partial charge >= 0.3 is 0 Å². The highest BCUT2D eigenvalue weighted by atomic mass is 127. The minimum absolute atomic E-state index is 0. The molecule has 1 aliphatic heterocycles. The van der Waals surface area contributed by atoms with Gasteiger partial charge in [0.2, 0.25) is 0 Å². The van der Waals surface area contributed by atoms with Crippen LogP contribution in [0.5, 0.6) is 0 Å². The van der Waals surface area contributed by atoms with Crippen molar-refractivity contribution in [3.63, 3.8) is 0 Å². The number of rotatable bonds is 4. The summed E-state index contributed by atoms with van der Waals surface area (Å²) in [6.07, 6.45) is 3.90. The molecular weight excluding hydrogens is 327 g/mol. The molecule has 5 heteroatoms. The van der Waals surface area contributed by atoms with Crippen LogP contribution >= 0.6 is 24.0 Å². The lowest BCUT2D eigenvalue weighted by Gasteiger charge is -2.12. The minimum Gasteiger partial charge on any atom is -0.357 e. The third-order valence-electron chi connectivity index (χ3n) is 3.26. The maximum Gasteiger partial charge on any atom is 0.191 e. The first kappa shape index (κ1) is 15.0. The molecule has 0 aromatic carbocycles. The van der Waals surface area contributed by atoms with Gasteiger partial charge in [-0.2, -0.15) is 0 Å². The molecule has 1 unspecified atom stereocenters. The average Bonchev–Trinajstić information content (AvgIpc) is 2.97. The second-order valence-electron chi connectivity index (χ2n) is 5.06. The van der Waals surface area contributed by atoms with E-state index in [1.54, 1.807) is 0 Å². The second-order valence-corrected chi connectivity index (χ2v) is 5.06. The lowest BCUT2D eigenvalue weighted by molar-refractivity contribution is 0.397. The van der Waals surface area contributed by atoms with E-state index in [1.807, 2.05) is 0 Å². The number of aliphatic imine (C=N–C) groups is 1. The monoisotopic (exact) mass is 352 g/mol. The van der Waals surface area contributed by atoms with Crippen molar-refractivity contribution in [2.24, 2.45) is 10.9 Å². The minimum atomic E-state index is 0. The SMILES string of the molecule is CCNC(=NCC1CCN(C)C1)NC1CC1.I.